The number of hydrogen-bond donors (Lipinski definition) is 0. The molecule has 0 nitrogen and oxygen atoms in total. The Morgan fingerprint density at radius 2 is 1.00 bits per heavy atom. The summed E-state index contributed by atoms with van der Waals surface area (Å²) < 4.78 is 11.1. The lowest BCUT2D eigenvalue weighted by Gasteiger charge is -1.87. The first kappa shape index (κ1) is 17.1. The van der Waals surface area contributed by atoms with Gasteiger partial charge in [-0.15, -0.1) is 0 Å². The highest BCUT2D eigenvalue weighted by Gasteiger charge is 1.83. The summed E-state index contributed by atoms with van der Waals surface area (Å²) in [6, 6.07) is 0. The second-order valence-corrected chi connectivity index (χ2v) is 3.28. The van der Waals surface area contributed by atoms with Gasteiger partial charge in [-0.1, -0.05) is 48.5 Å². The van der Waals surface area contributed by atoms with Gasteiger partial charge in [0.25, 0.3) is 0 Å². The molecule has 0 heterocycles. The van der Waals surface area contributed by atoms with Crippen LogP contribution in [-0.4, -0.2) is 6.67 Å². The van der Waals surface area contributed by atoms with Crippen LogP contribution >= 0.6 is 0 Å². The molecule has 0 aliphatic carbocycles. The van der Waals surface area contributed by atoms with Crippen LogP contribution in [0.1, 0.15) is 48.5 Å². The van der Waals surface area contributed by atoms with Gasteiger partial charge in [0.15, 0.2) is 0 Å². The topological polar surface area (TPSA) is 0 Å². The summed E-state index contributed by atoms with van der Waals surface area (Å²) in [4.78, 5) is 0. The van der Waals surface area contributed by atoms with Crippen molar-refractivity contribution in [3.8, 4) is 0 Å². The number of alkyl halides is 1. The Labute approximate surface area is 72.2 Å². The predicted molar refractivity (Wildman–Crippen MR) is 52.7 cm³/mol. The lowest BCUT2D eigenvalue weighted by atomic mass is 10.3. The van der Waals surface area contributed by atoms with Crippen molar-refractivity contribution >= 4 is 0 Å². The van der Waals surface area contributed by atoms with Crippen LogP contribution in [0.2, 0.25) is 0 Å². The normalized spacial score (nSPS) is 8.18. The summed E-state index contributed by atoms with van der Waals surface area (Å²) in [6.07, 6.45) is 0. The van der Waals surface area contributed by atoms with Crippen LogP contribution < -0.4 is 0 Å². The quantitative estimate of drug-likeness (QED) is 0.542. The molecule has 0 saturated carbocycles. The van der Waals surface area contributed by atoms with E-state index in [9.17, 15) is 4.39 Å². The summed E-state index contributed by atoms with van der Waals surface area (Å²) in [7, 11) is 0. The van der Waals surface area contributed by atoms with Crippen molar-refractivity contribution in [1.82, 2.24) is 0 Å². The highest BCUT2D eigenvalue weighted by molar-refractivity contribution is 4.33. The Hall–Kier alpha value is -0.0700. The predicted octanol–water partition coefficient (Wildman–Crippen LogP) is 4.30. The van der Waals surface area contributed by atoms with E-state index in [1.54, 1.807) is 0 Å². The molecule has 0 N–H and O–H groups in total. The third kappa shape index (κ3) is 168. The van der Waals surface area contributed by atoms with Gasteiger partial charge in [0.05, 0.1) is 6.67 Å². The van der Waals surface area contributed by atoms with Crippen molar-refractivity contribution in [2.24, 2.45) is 11.8 Å². The second-order valence-electron chi connectivity index (χ2n) is 3.28. The van der Waals surface area contributed by atoms with E-state index in [-0.39, 0.29) is 12.6 Å². The van der Waals surface area contributed by atoms with Crippen molar-refractivity contribution in [1.29, 1.82) is 0 Å². The van der Waals surface area contributed by atoms with Crippen LogP contribution in [0.4, 0.5) is 4.39 Å². The Bertz CT molecular complexity index is 37.4. The van der Waals surface area contributed by atoms with Gasteiger partial charge in [0.2, 0.25) is 0 Å². The maximum Gasteiger partial charge on any atom is 0.0917 e. The highest BCUT2D eigenvalue weighted by Crippen LogP contribution is 1.88. The van der Waals surface area contributed by atoms with E-state index >= 15 is 0 Å². The molecule has 0 radical (unpaired) electrons. The van der Waals surface area contributed by atoms with Crippen molar-refractivity contribution in [2.45, 2.75) is 48.5 Å². The lowest BCUT2D eigenvalue weighted by molar-refractivity contribution is 0.404. The zero-order valence-electron chi connectivity index (χ0n) is 9.24. The molecule has 72 valence electrons. The SMILES string of the molecule is CC.CC(C)C.CC(C)CF. The minimum absolute atomic E-state index is 0.194. The Kier molecular flexibility index (Phi) is 25.7. The van der Waals surface area contributed by atoms with Crippen molar-refractivity contribution in [3.63, 3.8) is 0 Å². The molecule has 0 saturated heterocycles. The molecule has 11 heavy (non-hydrogen) atoms. The number of hydrogen-bond acceptors (Lipinski definition) is 0. The van der Waals surface area contributed by atoms with Crippen molar-refractivity contribution < 1.29 is 4.39 Å². The minimum atomic E-state index is -0.194. The molecule has 1 heteroatoms. The summed E-state index contributed by atoms with van der Waals surface area (Å²) in [5.74, 6) is 1.05. The Balaban J connectivity index is -0.0000000965. The van der Waals surface area contributed by atoms with Crippen molar-refractivity contribution in [3.05, 3.63) is 0 Å². The average molecular weight is 164 g/mol. The zero-order valence-corrected chi connectivity index (χ0v) is 9.24. The molecule has 0 aromatic heterocycles. The van der Waals surface area contributed by atoms with Gasteiger partial charge in [-0.05, 0) is 11.8 Å². The molecule has 0 spiro atoms. The van der Waals surface area contributed by atoms with Gasteiger partial charge in [-0.3, -0.25) is 4.39 Å². The van der Waals surface area contributed by atoms with Crippen LogP contribution in [0.15, 0.2) is 0 Å². The third-order valence-electron chi connectivity index (χ3n) is 0.309. The number of halogens is 1. The van der Waals surface area contributed by atoms with Gasteiger partial charge < -0.3 is 0 Å². The van der Waals surface area contributed by atoms with Crippen LogP contribution in [0.3, 0.4) is 0 Å². The first-order valence-electron chi connectivity index (χ1n) is 4.56. The van der Waals surface area contributed by atoms with Crippen LogP contribution in [-0.2, 0) is 0 Å². The first-order valence-corrected chi connectivity index (χ1v) is 4.56. The van der Waals surface area contributed by atoms with E-state index in [0.29, 0.717) is 0 Å². The molecule has 0 fully saturated rings. The lowest BCUT2D eigenvalue weighted by Crippen LogP contribution is -1.84. The van der Waals surface area contributed by atoms with E-state index in [2.05, 4.69) is 20.8 Å². The van der Waals surface area contributed by atoms with Crippen molar-refractivity contribution in [2.75, 3.05) is 6.67 Å². The maximum absolute atomic E-state index is 11.1. The number of rotatable bonds is 1. The summed E-state index contributed by atoms with van der Waals surface area (Å²) in [5.41, 5.74) is 0. The average Bonchev–Trinajstić information content (AvgIpc) is 1.91. The van der Waals surface area contributed by atoms with Gasteiger partial charge in [0.1, 0.15) is 0 Å². The summed E-state index contributed by atoms with van der Waals surface area (Å²) >= 11 is 0. The van der Waals surface area contributed by atoms with Crippen LogP contribution in [0, 0.1) is 11.8 Å². The second kappa shape index (κ2) is 16.5. The fraction of sp³-hybridized carbons (Fsp3) is 1.00. The molecule has 0 aromatic rings. The summed E-state index contributed by atoms with van der Waals surface area (Å²) in [6.45, 7) is 14.0. The van der Waals surface area contributed by atoms with E-state index < -0.39 is 0 Å². The third-order valence-corrected chi connectivity index (χ3v) is 0.309. The fourth-order valence-corrected chi connectivity index (χ4v) is 0. The molecule has 0 bridgehead atoms. The van der Waals surface area contributed by atoms with E-state index in [4.69, 9.17) is 0 Å². The largest absolute Gasteiger partial charge is 0.251 e. The summed E-state index contributed by atoms with van der Waals surface area (Å²) in [5, 5.41) is 0. The minimum Gasteiger partial charge on any atom is -0.251 e. The molecule has 0 atom stereocenters. The molecular formula is C10H25F. The molecule has 0 aliphatic rings. The van der Waals surface area contributed by atoms with Gasteiger partial charge in [-0.25, -0.2) is 0 Å². The Morgan fingerprint density at radius 3 is 1.00 bits per heavy atom. The van der Waals surface area contributed by atoms with Gasteiger partial charge in [0, 0.05) is 0 Å². The van der Waals surface area contributed by atoms with E-state index in [1.807, 2.05) is 27.7 Å². The van der Waals surface area contributed by atoms with Crippen LogP contribution in [0.5, 0.6) is 0 Å². The van der Waals surface area contributed by atoms with E-state index in [0.717, 1.165) is 5.92 Å². The Morgan fingerprint density at radius 1 is 0.909 bits per heavy atom. The molecular weight excluding hydrogens is 139 g/mol. The molecule has 0 amide bonds. The first-order chi connectivity index (χ1) is 5.00. The van der Waals surface area contributed by atoms with Gasteiger partial charge in [-0.2, -0.15) is 0 Å². The van der Waals surface area contributed by atoms with Gasteiger partial charge >= 0.3 is 0 Å². The molecule has 0 aromatic carbocycles. The van der Waals surface area contributed by atoms with Crippen LogP contribution in [0.25, 0.3) is 0 Å². The zero-order chi connectivity index (χ0) is 9.86. The molecule has 0 unspecified atom stereocenters. The smallest absolute Gasteiger partial charge is 0.0917 e. The fourth-order valence-electron chi connectivity index (χ4n) is 0. The monoisotopic (exact) mass is 164 g/mol. The van der Waals surface area contributed by atoms with E-state index in [1.165, 1.54) is 0 Å². The standard InChI is InChI=1S/C4H9F.C4H10.C2H6/c1-4(2)3-5;1-4(2)3;1-2/h4H,3H2,1-2H3;4H,1-3H3;1-2H3. The highest BCUT2D eigenvalue weighted by atomic mass is 19.1. The maximum atomic E-state index is 11.1. The molecule has 0 rings (SSSR count). The molecule has 0 aliphatic heterocycles.